The van der Waals surface area contributed by atoms with Crippen LogP contribution < -0.4 is 11.1 Å². The highest BCUT2D eigenvalue weighted by molar-refractivity contribution is 7.91. The van der Waals surface area contributed by atoms with E-state index in [4.69, 9.17) is 5.73 Å². The van der Waals surface area contributed by atoms with Crippen LogP contribution in [-0.4, -0.2) is 43.4 Å². The predicted octanol–water partition coefficient (Wildman–Crippen LogP) is -0.0487. The minimum absolute atomic E-state index is 0.0734. The van der Waals surface area contributed by atoms with E-state index in [1.54, 1.807) is 5.38 Å². The quantitative estimate of drug-likeness (QED) is 0.812. The first-order valence-electron chi connectivity index (χ1n) is 6.16. The Balaban J connectivity index is 1.90. The van der Waals surface area contributed by atoms with Gasteiger partial charge in [0.05, 0.1) is 16.5 Å². The van der Waals surface area contributed by atoms with Crippen molar-refractivity contribution in [1.82, 2.24) is 10.3 Å². The molecule has 0 aliphatic carbocycles. The van der Waals surface area contributed by atoms with Crippen molar-refractivity contribution in [2.45, 2.75) is 25.3 Å². The van der Waals surface area contributed by atoms with Gasteiger partial charge < -0.3 is 11.1 Å². The number of thiazole rings is 1. The molecule has 8 heteroatoms. The lowest BCUT2D eigenvalue weighted by Crippen LogP contribution is -2.40. The standard InChI is InChI=1S/C11H17N3O3S2/c12-4-1-10-14-9(7-18-10)11(15)13-8-2-5-19(16,17)6-3-8/h7-8H,1-6,12H2,(H,13,15). The molecule has 0 atom stereocenters. The van der Waals surface area contributed by atoms with Gasteiger partial charge in [-0.2, -0.15) is 0 Å². The van der Waals surface area contributed by atoms with E-state index in [0.29, 0.717) is 31.5 Å². The number of sulfone groups is 1. The second-order valence-corrected chi connectivity index (χ2v) is 7.81. The Kier molecular flexibility index (Phi) is 4.54. The number of carbonyl (C=O) groups is 1. The number of aromatic nitrogens is 1. The molecule has 19 heavy (non-hydrogen) atoms. The van der Waals surface area contributed by atoms with Gasteiger partial charge in [0, 0.05) is 17.8 Å². The van der Waals surface area contributed by atoms with Crippen molar-refractivity contribution in [2.24, 2.45) is 5.73 Å². The van der Waals surface area contributed by atoms with Crippen LogP contribution >= 0.6 is 11.3 Å². The zero-order chi connectivity index (χ0) is 13.9. The molecule has 2 heterocycles. The summed E-state index contributed by atoms with van der Waals surface area (Å²) in [5.41, 5.74) is 5.82. The summed E-state index contributed by atoms with van der Waals surface area (Å²) < 4.78 is 22.6. The maximum atomic E-state index is 11.9. The van der Waals surface area contributed by atoms with E-state index < -0.39 is 9.84 Å². The minimum atomic E-state index is -2.90. The van der Waals surface area contributed by atoms with Gasteiger partial charge >= 0.3 is 0 Å². The first-order chi connectivity index (χ1) is 9.00. The van der Waals surface area contributed by atoms with Crippen molar-refractivity contribution < 1.29 is 13.2 Å². The fourth-order valence-corrected chi connectivity index (χ4v) is 4.23. The third-order valence-corrected chi connectivity index (χ3v) is 5.66. The number of hydrogen-bond donors (Lipinski definition) is 2. The van der Waals surface area contributed by atoms with Gasteiger partial charge in [-0.05, 0) is 19.4 Å². The van der Waals surface area contributed by atoms with Gasteiger partial charge in [-0.1, -0.05) is 0 Å². The summed E-state index contributed by atoms with van der Waals surface area (Å²) in [4.78, 5) is 16.1. The largest absolute Gasteiger partial charge is 0.348 e. The zero-order valence-electron chi connectivity index (χ0n) is 10.5. The molecule has 2 rings (SSSR count). The monoisotopic (exact) mass is 303 g/mol. The predicted molar refractivity (Wildman–Crippen MR) is 74.0 cm³/mol. The maximum absolute atomic E-state index is 11.9. The lowest BCUT2D eigenvalue weighted by Gasteiger charge is -2.22. The Bertz CT molecular complexity index is 539. The summed E-state index contributed by atoms with van der Waals surface area (Å²) in [6.45, 7) is 0.509. The lowest BCUT2D eigenvalue weighted by atomic mass is 10.1. The Morgan fingerprint density at radius 1 is 1.47 bits per heavy atom. The van der Waals surface area contributed by atoms with Crippen LogP contribution in [0.1, 0.15) is 28.3 Å². The summed E-state index contributed by atoms with van der Waals surface area (Å²) in [5.74, 6) is 0.0600. The van der Waals surface area contributed by atoms with Crippen molar-refractivity contribution in [3.8, 4) is 0 Å². The number of nitrogens with one attached hydrogen (secondary N) is 1. The topological polar surface area (TPSA) is 102 Å². The molecular formula is C11H17N3O3S2. The molecule has 0 bridgehead atoms. The molecule has 0 saturated carbocycles. The number of carbonyl (C=O) groups excluding carboxylic acids is 1. The van der Waals surface area contributed by atoms with E-state index in [9.17, 15) is 13.2 Å². The summed E-state index contributed by atoms with van der Waals surface area (Å²) in [7, 11) is -2.90. The Hall–Kier alpha value is -0.990. The summed E-state index contributed by atoms with van der Waals surface area (Å²) in [6, 6.07) is -0.0734. The first kappa shape index (κ1) is 14.4. The van der Waals surface area contributed by atoms with E-state index in [2.05, 4.69) is 10.3 Å². The van der Waals surface area contributed by atoms with Crippen LogP contribution in [0.4, 0.5) is 0 Å². The van der Waals surface area contributed by atoms with E-state index in [0.717, 1.165) is 5.01 Å². The molecule has 1 aliphatic heterocycles. The smallest absolute Gasteiger partial charge is 0.270 e. The van der Waals surface area contributed by atoms with E-state index in [-0.39, 0.29) is 23.5 Å². The van der Waals surface area contributed by atoms with Gasteiger partial charge in [0.25, 0.3) is 5.91 Å². The molecule has 1 amide bonds. The van der Waals surface area contributed by atoms with Crippen LogP contribution in [0.15, 0.2) is 5.38 Å². The van der Waals surface area contributed by atoms with Gasteiger partial charge in [-0.15, -0.1) is 11.3 Å². The fourth-order valence-electron chi connectivity index (χ4n) is 1.95. The highest BCUT2D eigenvalue weighted by Gasteiger charge is 2.25. The summed E-state index contributed by atoms with van der Waals surface area (Å²) in [5, 5.41) is 5.39. The number of nitrogens with zero attached hydrogens (tertiary/aromatic N) is 1. The zero-order valence-corrected chi connectivity index (χ0v) is 12.1. The molecule has 1 aromatic rings. The molecule has 0 unspecified atom stereocenters. The van der Waals surface area contributed by atoms with Crippen LogP contribution in [0.5, 0.6) is 0 Å². The molecule has 1 aromatic heterocycles. The van der Waals surface area contributed by atoms with Gasteiger partial charge in [0.2, 0.25) is 0 Å². The highest BCUT2D eigenvalue weighted by atomic mass is 32.2. The average molecular weight is 303 g/mol. The Labute approximate surface area is 116 Å². The Morgan fingerprint density at radius 3 is 2.79 bits per heavy atom. The number of amides is 1. The molecule has 1 aliphatic rings. The molecule has 6 nitrogen and oxygen atoms in total. The SMILES string of the molecule is NCCc1nc(C(=O)NC2CCS(=O)(=O)CC2)cs1. The van der Waals surface area contributed by atoms with E-state index in [1.165, 1.54) is 11.3 Å². The van der Waals surface area contributed by atoms with Gasteiger partial charge in [-0.25, -0.2) is 13.4 Å². The molecule has 0 radical (unpaired) electrons. The second kappa shape index (κ2) is 5.98. The van der Waals surface area contributed by atoms with Gasteiger partial charge in [0.1, 0.15) is 15.5 Å². The third-order valence-electron chi connectivity index (χ3n) is 3.03. The van der Waals surface area contributed by atoms with Gasteiger partial charge in [-0.3, -0.25) is 4.79 Å². The molecule has 0 aromatic carbocycles. The normalized spacial score (nSPS) is 19.2. The molecule has 3 N–H and O–H groups in total. The third kappa shape index (κ3) is 3.99. The van der Waals surface area contributed by atoms with Crippen LogP contribution in [0.2, 0.25) is 0 Å². The second-order valence-electron chi connectivity index (χ2n) is 4.56. The number of nitrogens with two attached hydrogens (primary N) is 1. The number of rotatable bonds is 4. The lowest BCUT2D eigenvalue weighted by molar-refractivity contribution is 0.0929. The summed E-state index contributed by atoms with van der Waals surface area (Å²) in [6.07, 6.45) is 1.63. The Morgan fingerprint density at radius 2 is 2.16 bits per heavy atom. The number of hydrogen-bond acceptors (Lipinski definition) is 6. The van der Waals surface area contributed by atoms with E-state index >= 15 is 0 Å². The minimum Gasteiger partial charge on any atom is -0.348 e. The van der Waals surface area contributed by atoms with Crippen LogP contribution in [-0.2, 0) is 16.3 Å². The first-order valence-corrected chi connectivity index (χ1v) is 8.86. The molecule has 0 spiro atoms. The van der Waals surface area contributed by atoms with Crippen molar-refractivity contribution in [3.05, 3.63) is 16.1 Å². The highest BCUT2D eigenvalue weighted by Crippen LogP contribution is 2.14. The molecule has 1 saturated heterocycles. The molecular weight excluding hydrogens is 286 g/mol. The molecule has 106 valence electrons. The van der Waals surface area contributed by atoms with Crippen molar-refractivity contribution >= 4 is 27.1 Å². The van der Waals surface area contributed by atoms with E-state index in [1.807, 2.05) is 0 Å². The van der Waals surface area contributed by atoms with Gasteiger partial charge in [0.15, 0.2) is 0 Å². The average Bonchev–Trinajstić information content (AvgIpc) is 2.81. The fraction of sp³-hybridized carbons (Fsp3) is 0.636. The maximum Gasteiger partial charge on any atom is 0.270 e. The van der Waals surface area contributed by atoms with Crippen molar-refractivity contribution in [3.63, 3.8) is 0 Å². The van der Waals surface area contributed by atoms with Crippen LogP contribution in [0.3, 0.4) is 0 Å². The summed E-state index contributed by atoms with van der Waals surface area (Å²) >= 11 is 1.42. The van der Waals surface area contributed by atoms with Crippen molar-refractivity contribution in [1.29, 1.82) is 0 Å². The molecule has 1 fully saturated rings. The van der Waals surface area contributed by atoms with Crippen molar-refractivity contribution in [2.75, 3.05) is 18.1 Å². The van der Waals surface area contributed by atoms with Crippen LogP contribution in [0.25, 0.3) is 0 Å². The van der Waals surface area contributed by atoms with Crippen LogP contribution in [0, 0.1) is 0 Å².